The van der Waals surface area contributed by atoms with Crippen LogP contribution in [0.1, 0.15) is 32.6 Å². The number of nitrogens with one attached hydrogen (secondary N) is 1. The zero-order chi connectivity index (χ0) is 10.9. The maximum atomic E-state index is 10.7. The van der Waals surface area contributed by atoms with Gasteiger partial charge in [0.2, 0.25) is 5.91 Å². The molecule has 0 aromatic heterocycles. The zero-order valence-corrected chi connectivity index (χ0v) is 9.29. The molecular formula is C11H20N2O2. The molecule has 2 unspecified atom stereocenters. The Labute approximate surface area is 90.5 Å². The van der Waals surface area contributed by atoms with Gasteiger partial charge in [-0.2, -0.15) is 0 Å². The van der Waals surface area contributed by atoms with Crippen LogP contribution in [0.25, 0.3) is 0 Å². The van der Waals surface area contributed by atoms with E-state index < -0.39 is 0 Å². The van der Waals surface area contributed by atoms with Crippen molar-refractivity contribution in [3.8, 4) is 0 Å². The highest BCUT2D eigenvalue weighted by atomic mass is 16.5. The maximum absolute atomic E-state index is 10.7. The molecule has 0 bridgehead atoms. The molecule has 4 nitrogen and oxygen atoms in total. The monoisotopic (exact) mass is 212 g/mol. The highest BCUT2D eigenvalue weighted by Crippen LogP contribution is 2.57. The third-order valence-electron chi connectivity index (χ3n) is 3.96. The minimum absolute atomic E-state index is 0.274. The highest BCUT2D eigenvalue weighted by molar-refractivity contribution is 5.75. The summed E-state index contributed by atoms with van der Waals surface area (Å²) in [4.78, 5) is 10.7. The van der Waals surface area contributed by atoms with Gasteiger partial charge < -0.3 is 15.8 Å². The summed E-state index contributed by atoms with van der Waals surface area (Å²) in [6.07, 6.45) is 5.18. The van der Waals surface area contributed by atoms with E-state index in [2.05, 4.69) is 5.32 Å². The number of rotatable bonds is 5. The molecule has 0 radical (unpaired) electrons. The molecule has 2 aliphatic carbocycles. The number of ether oxygens (including phenoxy) is 1. The molecule has 0 aromatic carbocycles. The van der Waals surface area contributed by atoms with E-state index in [1.165, 1.54) is 19.3 Å². The number of hydrogen-bond donors (Lipinski definition) is 2. The highest BCUT2D eigenvalue weighted by Gasteiger charge is 2.58. The quantitative estimate of drug-likeness (QED) is 0.693. The summed E-state index contributed by atoms with van der Waals surface area (Å²) in [7, 11) is 0. The molecule has 2 fully saturated rings. The van der Waals surface area contributed by atoms with Crippen molar-refractivity contribution in [1.29, 1.82) is 0 Å². The molecule has 4 heteroatoms. The molecule has 2 rings (SSSR count). The first-order valence-corrected chi connectivity index (χ1v) is 5.82. The Hall–Kier alpha value is -0.610. The minimum Gasteiger partial charge on any atom is -0.378 e. The Bertz CT molecular complexity index is 251. The summed E-state index contributed by atoms with van der Waals surface area (Å²) < 4.78 is 5.72. The van der Waals surface area contributed by atoms with E-state index in [-0.39, 0.29) is 5.91 Å². The molecule has 2 saturated carbocycles. The predicted molar refractivity (Wildman–Crippen MR) is 57.3 cm³/mol. The summed E-state index contributed by atoms with van der Waals surface area (Å²) in [6.45, 7) is 3.12. The first kappa shape index (κ1) is 10.9. The molecule has 86 valence electrons. The number of amides is 1. The molecule has 15 heavy (non-hydrogen) atoms. The summed E-state index contributed by atoms with van der Waals surface area (Å²) in [5.41, 5.74) is 5.45. The van der Waals surface area contributed by atoms with Gasteiger partial charge in [0.1, 0.15) is 0 Å². The maximum Gasteiger partial charge on any atom is 0.231 e. The van der Waals surface area contributed by atoms with E-state index >= 15 is 0 Å². The molecule has 0 aliphatic heterocycles. The third-order valence-corrected chi connectivity index (χ3v) is 3.96. The van der Waals surface area contributed by atoms with Gasteiger partial charge in [-0.1, -0.05) is 6.42 Å². The van der Waals surface area contributed by atoms with Crippen molar-refractivity contribution in [2.45, 2.75) is 44.8 Å². The second kappa shape index (κ2) is 4.10. The van der Waals surface area contributed by atoms with Gasteiger partial charge in [0.25, 0.3) is 0 Å². The van der Waals surface area contributed by atoms with Gasteiger partial charge in [-0.15, -0.1) is 0 Å². The topological polar surface area (TPSA) is 64.3 Å². The number of carbonyl (C=O) groups is 1. The van der Waals surface area contributed by atoms with Crippen LogP contribution in [0.15, 0.2) is 0 Å². The lowest BCUT2D eigenvalue weighted by atomic mass is 9.51. The Morgan fingerprint density at radius 2 is 2.33 bits per heavy atom. The van der Waals surface area contributed by atoms with Crippen LogP contribution in [-0.4, -0.2) is 31.2 Å². The normalized spacial score (nSPS) is 32.1. The molecule has 1 amide bonds. The van der Waals surface area contributed by atoms with Crippen molar-refractivity contribution in [3.63, 3.8) is 0 Å². The van der Waals surface area contributed by atoms with Crippen molar-refractivity contribution in [2.24, 2.45) is 11.1 Å². The lowest BCUT2D eigenvalue weighted by molar-refractivity contribution is -0.173. The molecule has 0 heterocycles. The van der Waals surface area contributed by atoms with Crippen LogP contribution in [0.3, 0.4) is 0 Å². The molecular weight excluding hydrogens is 192 g/mol. The largest absolute Gasteiger partial charge is 0.378 e. The van der Waals surface area contributed by atoms with Crippen molar-refractivity contribution < 1.29 is 9.53 Å². The Balaban J connectivity index is 1.85. The van der Waals surface area contributed by atoms with Crippen molar-refractivity contribution in [2.75, 3.05) is 13.2 Å². The second-order valence-corrected chi connectivity index (χ2v) is 4.67. The van der Waals surface area contributed by atoms with Gasteiger partial charge in [0.05, 0.1) is 12.6 Å². The average Bonchev–Trinajstić information content (AvgIpc) is 2.06. The SMILES string of the molecule is CCOC1CC(NCC(N)=O)C12CCC2. The van der Waals surface area contributed by atoms with Gasteiger partial charge in [-0.05, 0) is 26.2 Å². The van der Waals surface area contributed by atoms with Crippen LogP contribution in [-0.2, 0) is 9.53 Å². The molecule has 3 N–H and O–H groups in total. The fourth-order valence-electron chi connectivity index (χ4n) is 2.95. The van der Waals surface area contributed by atoms with Crippen LogP contribution in [0.2, 0.25) is 0 Å². The summed E-state index contributed by atoms with van der Waals surface area (Å²) in [5, 5.41) is 3.25. The molecule has 1 spiro atoms. The van der Waals surface area contributed by atoms with Gasteiger partial charge >= 0.3 is 0 Å². The Kier molecular flexibility index (Phi) is 2.98. The van der Waals surface area contributed by atoms with E-state index in [0.29, 0.717) is 24.1 Å². The van der Waals surface area contributed by atoms with Crippen LogP contribution >= 0.6 is 0 Å². The zero-order valence-electron chi connectivity index (χ0n) is 9.29. The van der Waals surface area contributed by atoms with E-state index in [1.54, 1.807) is 0 Å². The lowest BCUT2D eigenvalue weighted by Gasteiger charge is -2.61. The van der Waals surface area contributed by atoms with E-state index in [0.717, 1.165) is 13.0 Å². The Morgan fingerprint density at radius 3 is 2.80 bits per heavy atom. The fraction of sp³-hybridized carbons (Fsp3) is 0.909. The second-order valence-electron chi connectivity index (χ2n) is 4.67. The first-order chi connectivity index (χ1) is 7.19. The van der Waals surface area contributed by atoms with Gasteiger partial charge in [0.15, 0.2) is 0 Å². The number of primary amides is 1. The number of carbonyl (C=O) groups excluding carboxylic acids is 1. The molecule has 2 aliphatic rings. The number of nitrogens with two attached hydrogens (primary N) is 1. The van der Waals surface area contributed by atoms with Crippen LogP contribution in [0.5, 0.6) is 0 Å². The molecule has 0 saturated heterocycles. The van der Waals surface area contributed by atoms with Gasteiger partial charge in [0, 0.05) is 18.1 Å². The summed E-state index contributed by atoms with van der Waals surface area (Å²) >= 11 is 0. The first-order valence-electron chi connectivity index (χ1n) is 5.82. The third kappa shape index (κ3) is 1.76. The Morgan fingerprint density at radius 1 is 1.60 bits per heavy atom. The van der Waals surface area contributed by atoms with Crippen LogP contribution in [0, 0.1) is 5.41 Å². The van der Waals surface area contributed by atoms with Gasteiger partial charge in [-0.3, -0.25) is 4.79 Å². The summed E-state index contributed by atoms with van der Waals surface area (Å²) in [5.74, 6) is -0.274. The standard InChI is InChI=1S/C11H20N2O2/c1-2-15-9-6-8(13-7-10(12)14)11(9)4-3-5-11/h8-9,13H,2-7H2,1H3,(H2,12,14). The van der Waals surface area contributed by atoms with E-state index in [1.807, 2.05) is 6.92 Å². The van der Waals surface area contributed by atoms with E-state index in [4.69, 9.17) is 10.5 Å². The van der Waals surface area contributed by atoms with E-state index in [9.17, 15) is 4.79 Å². The average molecular weight is 212 g/mol. The van der Waals surface area contributed by atoms with Crippen molar-refractivity contribution >= 4 is 5.91 Å². The molecule has 0 aromatic rings. The van der Waals surface area contributed by atoms with Crippen molar-refractivity contribution in [3.05, 3.63) is 0 Å². The fourth-order valence-corrected chi connectivity index (χ4v) is 2.95. The van der Waals surface area contributed by atoms with Crippen molar-refractivity contribution in [1.82, 2.24) is 5.32 Å². The smallest absolute Gasteiger partial charge is 0.231 e. The molecule has 2 atom stereocenters. The minimum atomic E-state index is -0.274. The van der Waals surface area contributed by atoms with Crippen LogP contribution in [0.4, 0.5) is 0 Å². The summed E-state index contributed by atoms with van der Waals surface area (Å²) in [6, 6.07) is 0.440. The lowest BCUT2D eigenvalue weighted by Crippen LogP contribution is -2.67. The predicted octanol–water partition coefficient (Wildman–Crippen LogP) is 0.409. The van der Waals surface area contributed by atoms with Crippen LogP contribution < -0.4 is 11.1 Å². The number of hydrogen-bond acceptors (Lipinski definition) is 3. The van der Waals surface area contributed by atoms with Gasteiger partial charge in [-0.25, -0.2) is 0 Å².